The number of benzene rings is 2. The van der Waals surface area contributed by atoms with Crippen LogP contribution < -0.4 is 9.64 Å². The number of aliphatic hydroxyl groups is 4. The number of phenols is 2. The smallest absolute Gasteiger partial charge is 0.329 e. The highest BCUT2D eigenvalue weighted by molar-refractivity contribution is 6.09. The predicted octanol–water partition coefficient (Wildman–Crippen LogP) is -0.579. The van der Waals surface area contributed by atoms with Crippen LogP contribution in [0.4, 0.5) is 5.69 Å². The monoisotopic (exact) mass is 517 g/mol. The number of anilines is 1. The molecule has 1 amide bonds. The van der Waals surface area contributed by atoms with Crippen LogP contribution in [0.5, 0.6) is 17.2 Å². The van der Waals surface area contributed by atoms with Crippen molar-refractivity contribution in [3.63, 3.8) is 0 Å². The Morgan fingerprint density at radius 1 is 1.08 bits per heavy atom. The number of esters is 1. The average Bonchev–Trinajstić information content (AvgIpc) is 3.26. The van der Waals surface area contributed by atoms with E-state index >= 15 is 0 Å². The van der Waals surface area contributed by atoms with Gasteiger partial charge in [-0.15, -0.1) is 0 Å². The second-order valence-electron chi connectivity index (χ2n) is 8.64. The van der Waals surface area contributed by atoms with Crippen LogP contribution in [0.2, 0.25) is 0 Å². The molecule has 12 heteroatoms. The van der Waals surface area contributed by atoms with E-state index in [-0.39, 0.29) is 23.6 Å². The number of phenolic OH excluding ortho intramolecular Hbond substituents is 2. The molecule has 198 valence electrons. The van der Waals surface area contributed by atoms with Gasteiger partial charge in [-0.05, 0) is 35.4 Å². The summed E-state index contributed by atoms with van der Waals surface area (Å²) in [5.41, 5.74) is 1.30. The molecular weight excluding hydrogens is 490 g/mol. The molecule has 0 spiro atoms. The first-order valence-corrected chi connectivity index (χ1v) is 11.4. The first-order valence-electron chi connectivity index (χ1n) is 11.4. The Morgan fingerprint density at radius 3 is 2.43 bits per heavy atom. The number of methoxy groups -OCH3 is 1. The summed E-state index contributed by atoms with van der Waals surface area (Å²) in [5, 5.41) is 59.6. The summed E-state index contributed by atoms with van der Waals surface area (Å²) in [7, 11) is 1.19. The van der Waals surface area contributed by atoms with Gasteiger partial charge in [0, 0.05) is 18.6 Å². The summed E-state index contributed by atoms with van der Waals surface area (Å²) in [4.78, 5) is 26.9. The van der Waals surface area contributed by atoms with Gasteiger partial charge in [0.05, 0.1) is 19.4 Å². The van der Waals surface area contributed by atoms with E-state index in [1.165, 1.54) is 48.4 Å². The molecule has 2 heterocycles. The number of aliphatic hydroxyl groups excluding tert-OH is 4. The van der Waals surface area contributed by atoms with Crippen molar-refractivity contribution in [3.8, 4) is 17.2 Å². The van der Waals surface area contributed by atoms with Gasteiger partial charge in [-0.25, -0.2) is 4.79 Å². The van der Waals surface area contributed by atoms with Crippen molar-refractivity contribution in [2.24, 2.45) is 0 Å². The molecule has 0 aliphatic carbocycles. The van der Waals surface area contributed by atoms with E-state index in [4.69, 9.17) is 14.2 Å². The van der Waals surface area contributed by atoms with Gasteiger partial charge in [0.25, 0.3) is 5.91 Å². The molecule has 6 N–H and O–H groups in total. The lowest BCUT2D eigenvalue weighted by atomic mass is 9.99. The van der Waals surface area contributed by atoms with Crippen molar-refractivity contribution in [2.45, 2.75) is 43.2 Å². The molecule has 0 unspecified atom stereocenters. The zero-order chi connectivity index (χ0) is 26.9. The summed E-state index contributed by atoms with van der Waals surface area (Å²) in [5.74, 6) is -1.83. The largest absolute Gasteiger partial charge is 0.508 e. The van der Waals surface area contributed by atoms with Crippen LogP contribution in [0.25, 0.3) is 6.08 Å². The molecule has 2 aromatic carbocycles. The van der Waals surface area contributed by atoms with E-state index in [0.29, 0.717) is 11.1 Å². The van der Waals surface area contributed by atoms with Crippen LogP contribution in [0.15, 0.2) is 42.5 Å². The Balaban J connectivity index is 1.64. The van der Waals surface area contributed by atoms with E-state index < -0.39 is 61.0 Å². The number of hydrogen-bond donors (Lipinski definition) is 6. The zero-order valence-electron chi connectivity index (χ0n) is 19.7. The van der Waals surface area contributed by atoms with Gasteiger partial charge in [-0.3, -0.25) is 9.69 Å². The maximum absolute atomic E-state index is 13.2. The van der Waals surface area contributed by atoms with Crippen LogP contribution >= 0.6 is 0 Å². The number of hydrogen-bond acceptors (Lipinski definition) is 11. The van der Waals surface area contributed by atoms with Gasteiger partial charge in [0.1, 0.15) is 36.2 Å². The molecular formula is C25H27NO11. The highest BCUT2D eigenvalue weighted by Crippen LogP contribution is 2.42. The van der Waals surface area contributed by atoms with Crippen LogP contribution in [-0.2, 0) is 25.5 Å². The predicted molar refractivity (Wildman–Crippen MR) is 127 cm³/mol. The number of aromatic hydroxyl groups is 2. The minimum Gasteiger partial charge on any atom is -0.508 e. The summed E-state index contributed by atoms with van der Waals surface area (Å²) in [6.07, 6.45) is -5.03. The molecule has 12 nitrogen and oxygen atoms in total. The van der Waals surface area contributed by atoms with Gasteiger partial charge >= 0.3 is 5.97 Å². The topological polar surface area (TPSA) is 186 Å². The van der Waals surface area contributed by atoms with Gasteiger partial charge in [-0.1, -0.05) is 12.1 Å². The second-order valence-corrected chi connectivity index (χ2v) is 8.64. The third kappa shape index (κ3) is 5.24. The van der Waals surface area contributed by atoms with Crippen molar-refractivity contribution in [1.29, 1.82) is 0 Å². The molecule has 4 rings (SSSR count). The van der Waals surface area contributed by atoms with Crippen LogP contribution in [0.3, 0.4) is 0 Å². The fourth-order valence-corrected chi connectivity index (χ4v) is 4.27. The van der Waals surface area contributed by atoms with Gasteiger partial charge in [0.15, 0.2) is 11.5 Å². The Morgan fingerprint density at radius 2 is 1.78 bits per heavy atom. The number of carbonyl (C=O) groups is 2. The molecule has 1 fully saturated rings. The molecule has 0 radical (unpaired) electrons. The normalized spacial score (nSPS) is 27.2. The molecule has 0 bridgehead atoms. The molecule has 1 saturated heterocycles. The van der Waals surface area contributed by atoms with E-state index in [1.807, 2.05) is 0 Å². The Bertz CT molecular complexity index is 1180. The molecule has 2 aliphatic rings. The van der Waals surface area contributed by atoms with E-state index in [9.17, 15) is 40.2 Å². The highest BCUT2D eigenvalue weighted by atomic mass is 16.7. The van der Waals surface area contributed by atoms with Crippen LogP contribution in [0, 0.1) is 0 Å². The standard InChI is InChI=1S/C25H27NO11/c1-35-24(34)16-8-13-9-17(29)18(36-25-23(33)22(32)21(31)19(11-27)37-25)10-15(13)26(16)20(30)7-4-12-2-5-14(28)6-3-12/h2-7,9-10,16,19,21-23,25,27-29,31-33H,8,11H2,1H3/t16-,19+,21+,22-,23+,25+/m0/s1. The van der Waals surface area contributed by atoms with Gasteiger partial charge < -0.3 is 44.8 Å². The minimum absolute atomic E-state index is 0.0503. The fraction of sp³-hybridized carbons (Fsp3) is 0.360. The summed E-state index contributed by atoms with van der Waals surface area (Å²) < 4.78 is 15.8. The number of amides is 1. The number of fused-ring (bicyclic) bond motifs is 1. The number of nitrogens with zero attached hydrogens (tertiary/aromatic N) is 1. The van der Waals surface area contributed by atoms with E-state index in [0.717, 1.165) is 0 Å². The molecule has 37 heavy (non-hydrogen) atoms. The van der Waals surface area contributed by atoms with E-state index in [1.54, 1.807) is 12.1 Å². The lowest BCUT2D eigenvalue weighted by Crippen LogP contribution is -2.60. The first kappa shape index (κ1) is 26.4. The summed E-state index contributed by atoms with van der Waals surface area (Å²) in [6.45, 7) is -0.669. The Kier molecular flexibility index (Phi) is 7.66. The second kappa shape index (κ2) is 10.7. The van der Waals surface area contributed by atoms with Crippen molar-refractivity contribution in [3.05, 3.63) is 53.6 Å². The lowest BCUT2D eigenvalue weighted by Gasteiger charge is -2.39. The summed E-state index contributed by atoms with van der Waals surface area (Å²) >= 11 is 0. The Labute approximate surface area is 211 Å². The fourth-order valence-electron chi connectivity index (χ4n) is 4.27. The molecule has 2 aliphatic heterocycles. The maximum Gasteiger partial charge on any atom is 0.329 e. The molecule has 2 aromatic rings. The number of carbonyl (C=O) groups excluding carboxylic acids is 2. The first-order chi connectivity index (χ1) is 17.6. The lowest BCUT2D eigenvalue weighted by molar-refractivity contribution is -0.277. The maximum atomic E-state index is 13.2. The zero-order valence-corrected chi connectivity index (χ0v) is 19.7. The minimum atomic E-state index is -1.72. The quantitative estimate of drug-likeness (QED) is 0.213. The van der Waals surface area contributed by atoms with Crippen molar-refractivity contribution in [2.75, 3.05) is 18.6 Å². The number of ether oxygens (including phenoxy) is 3. The van der Waals surface area contributed by atoms with Crippen molar-refractivity contribution >= 4 is 23.6 Å². The SMILES string of the molecule is COC(=O)[C@@H]1Cc2cc(O)c(O[C@@H]3O[C@H](CO)[C@@H](O)[C@H](O)[C@H]3O)cc2N1C(=O)C=Cc1ccc(O)cc1. The van der Waals surface area contributed by atoms with Crippen LogP contribution in [-0.4, -0.2) is 93.0 Å². The van der Waals surface area contributed by atoms with Crippen molar-refractivity contribution in [1.82, 2.24) is 0 Å². The van der Waals surface area contributed by atoms with Gasteiger partial charge in [0.2, 0.25) is 6.29 Å². The van der Waals surface area contributed by atoms with E-state index in [2.05, 4.69) is 0 Å². The summed E-state index contributed by atoms with van der Waals surface area (Å²) in [6, 6.07) is 7.65. The highest BCUT2D eigenvalue weighted by Gasteiger charge is 2.45. The third-order valence-corrected chi connectivity index (χ3v) is 6.26. The molecule has 0 aromatic heterocycles. The van der Waals surface area contributed by atoms with Crippen LogP contribution in [0.1, 0.15) is 11.1 Å². The average molecular weight is 517 g/mol. The number of rotatable bonds is 6. The van der Waals surface area contributed by atoms with Gasteiger partial charge in [-0.2, -0.15) is 0 Å². The third-order valence-electron chi connectivity index (χ3n) is 6.26. The molecule has 6 atom stereocenters. The Hall–Kier alpha value is -3.68. The van der Waals surface area contributed by atoms with Crippen molar-refractivity contribution < 1.29 is 54.4 Å². The molecule has 0 saturated carbocycles.